The number of benzene rings is 4. The monoisotopic (exact) mass is 565 g/mol. The minimum Gasteiger partial charge on any atom is -0.422 e. The Morgan fingerprint density at radius 3 is 2.50 bits per heavy atom. The number of aryl methyl sites for hydroxylation is 2. The van der Waals surface area contributed by atoms with Crippen molar-refractivity contribution < 1.29 is 14.3 Å². The van der Waals surface area contributed by atoms with E-state index in [1.54, 1.807) is 36.4 Å². The molecule has 0 fully saturated rings. The fraction of sp³-hybridized carbons (Fsp3) is 0.0645. The molecule has 5 aromatic rings. The summed E-state index contributed by atoms with van der Waals surface area (Å²) < 4.78 is 6.42. The topological polar surface area (TPSA) is 83.5 Å². The third kappa shape index (κ3) is 5.28. The summed E-state index contributed by atoms with van der Waals surface area (Å²) in [6, 6.07) is 28.1. The Morgan fingerprint density at radius 1 is 0.921 bits per heavy atom. The van der Waals surface area contributed by atoms with Gasteiger partial charge in [0.05, 0.1) is 11.8 Å². The van der Waals surface area contributed by atoms with E-state index in [2.05, 4.69) is 31.4 Å². The van der Waals surface area contributed by atoms with Crippen molar-refractivity contribution in [2.24, 2.45) is 5.10 Å². The molecule has 188 valence electrons. The Kier molecular flexibility index (Phi) is 7.20. The SMILES string of the molecule is Cc1cccc(C(=O)Oc2ccc(Br)cc2C=NNC(=O)c2[nH]c3c(C)cccc3c2-c2ccccc2)c1. The molecule has 0 aliphatic heterocycles. The number of H-pyrrole nitrogens is 1. The van der Waals surface area contributed by atoms with Gasteiger partial charge in [-0.15, -0.1) is 0 Å². The molecule has 38 heavy (non-hydrogen) atoms. The molecule has 7 heteroatoms. The van der Waals surface area contributed by atoms with Gasteiger partial charge in [-0.3, -0.25) is 4.79 Å². The average molecular weight is 566 g/mol. The van der Waals surface area contributed by atoms with Gasteiger partial charge < -0.3 is 9.72 Å². The van der Waals surface area contributed by atoms with Gasteiger partial charge in [-0.05, 0) is 55.3 Å². The van der Waals surface area contributed by atoms with Gasteiger partial charge in [-0.25, -0.2) is 10.2 Å². The van der Waals surface area contributed by atoms with E-state index in [1.807, 2.05) is 68.4 Å². The molecule has 0 aliphatic rings. The number of rotatable bonds is 6. The number of halogens is 1. The van der Waals surface area contributed by atoms with Crippen LogP contribution in [0.1, 0.15) is 37.5 Å². The van der Waals surface area contributed by atoms with Gasteiger partial charge in [-0.1, -0.05) is 82.2 Å². The van der Waals surface area contributed by atoms with Crippen LogP contribution in [0.25, 0.3) is 22.0 Å². The van der Waals surface area contributed by atoms with E-state index in [0.29, 0.717) is 22.6 Å². The Labute approximate surface area is 228 Å². The molecule has 1 amide bonds. The lowest BCUT2D eigenvalue weighted by molar-refractivity contribution is 0.0734. The highest BCUT2D eigenvalue weighted by molar-refractivity contribution is 9.10. The van der Waals surface area contributed by atoms with Gasteiger partial charge >= 0.3 is 5.97 Å². The number of carbonyl (C=O) groups is 2. The number of nitrogens with one attached hydrogen (secondary N) is 2. The van der Waals surface area contributed by atoms with Gasteiger partial charge in [0.2, 0.25) is 0 Å². The zero-order valence-corrected chi connectivity index (χ0v) is 22.4. The minimum absolute atomic E-state index is 0.323. The number of hydrazone groups is 1. The van der Waals surface area contributed by atoms with Crippen LogP contribution in [-0.2, 0) is 0 Å². The first-order valence-electron chi connectivity index (χ1n) is 12.0. The van der Waals surface area contributed by atoms with E-state index in [1.165, 1.54) is 6.21 Å². The fourth-order valence-corrected chi connectivity index (χ4v) is 4.68. The van der Waals surface area contributed by atoms with Crippen molar-refractivity contribution in [3.05, 3.63) is 123 Å². The molecule has 4 aromatic carbocycles. The van der Waals surface area contributed by atoms with Crippen LogP contribution in [0.15, 0.2) is 101 Å². The van der Waals surface area contributed by atoms with Crippen molar-refractivity contribution in [1.82, 2.24) is 10.4 Å². The number of amides is 1. The summed E-state index contributed by atoms with van der Waals surface area (Å²) in [6.45, 7) is 3.91. The number of aromatic amines is 1. The predicted molar refractivity (Wildman–Crippen MR) is 154 cm³/mol. The van der Waals surface area contributed by atoms with E-state index < -0.39 is 5.97 Å². The quantitative estimate of drug-likeness (QED) is 0.0987. The maximum Gasteiger partial charge on any atom is 0.343 e. The predicted octanol–water partition coefficient (Wildman–Crippen LogP) is 7.20. The van der Waals surface area contributed by atoms with E-state index in [9.17, 15) is 9.59 Å². The number of hydrogen-bond acceptors (Lipinski definition) is 4. The third-order valence-electron chi connectivity index (χ3n) is 6.13. The smallest absolute Gasteiger partial charge is 0.343 e. The molecule has 0 spiro atoms. The Hall–Kier alpha value is -4.49. The maximum absolute atomic E-state index is 13.3. The Balaban J connectivity index is 1.42. The molecule has 0 radical (unpaired) electrons. The lowest BCUT2D eigenvalue weighted by Crippen LogP contribution is -2.19. The van der Waals surface area contributed by atoms with Gasteiger partial charge in [0.25, 0.3) is 5.91 Å². The molecule has 0 saturated carbocycles. The Bertz CT molecular complexity index is 1690. The summed E-state index contributed by atoms with van der Waals surface area (Å²) in [5.74, 6) is -0.538. The first-order valence-corrected chi connectivity index (χ1v) is 12.8. The van der Waals surface area contributed by atoms with Crippen molar-refractivity contribution in [1.29, 1.82) is 0 Å². The first-order chi connectivity index (χ1) is 18.4. The number of nitrogens with zero attached hydrogens (tertiary/aromatic N) is 1. The van der Waals surface area contributed by atoms with Gasteiger partial charge in [0.15, 0.2) is 0 Å². The van der Waals surface area contributed by atoms with Crippen molar-refractivity contribution in [3.63, 3.8) is 0 Å². The van der Waals surface area contributed by atoms with E-state index >= 15 is 0 Å². The summed E-state index contributed by atoms with van der Waals surface area (Å²) in [7, 11) is 0. The molecule has 0 unspecified atom stereocenters. The van der Waals surface area contributed by atoms with Crippen LogP contribution < -0.4 is 10.2 Å². The van der Waals surface area contributed by atoms with E-state index in [4.69, 9.17) is 4.74 Å². The van der Waals surface area contributed by atoms with E-state index in [0.717, 1.165) is 37.6 Å². The number of para-hydroxylation sites is 1. The molecular formula is C31H24BrN3O3. The fourth-order valence-electron chi connectivity index (χ4n) is 4.30. The van der Waals surface area contributed by atoms with Crippen LogP contribution in [-0.4, -0.2) is 23.1 Å². The number of aromatic nitrogens is 1. The third-order valence-corrected chi connectivity index (χ3v) is 6.62. The number of fused-ring (bicyclic) bond motifs is 1. The zero-order chi connectivity index (χ0) is 26.6. The molecule has 5 rings (SSSR count). The largest absolute Gasteiger partial charge is 0.422 e. The van der Waals surface area contributed by atoms with Gasteiger partial charge in [0, 0.05) is 26.5 Å². The number of hydrogen-bond donors (Lipinski definition) is 2. The second-order valence-corrected chi connectivity index (χ2v) is 9.79. The maximum atomic E-state index is 13.3. The minimum atomic E-state index is -0.476. The zero-order valence-electron chi connectivity index (χ0n) is 20.8. The van der Waals surface area contributed by atoms with Crippen LogP contribution in [0.4, 0.5) is 0 Å². The average Bonchev–Trinajstić information content (AvgIpc) is 3.32. The Morgan fingerprint density at radius 2 is 1.71 bits per heavy atom. The molecule has 6 nitrogen and oxygen atoms in total. The molecule has 0 saturated heterocycles. The second-order valence-electron chi connectivity index (χ2n) is 8.88. The lowest BCUT2D eigenvalue weighted by Gasteiger charge is -2.09. The normalized spacial score (nSPS) is 11.1. The highest BCUT2D eigenvalue weighted by Crippen LogP contribution is 2.33. The highest BCUT2D eigenvalue weighted by Gasteiger charge is 2.20. The lowest BCUT2D eigenvalue weighted by atomic mass is 10.0. The van der Waals surface area contributed by atoms with Crippen LogP contribution in [0, 0.1) is 13.8 Å². The summed E-state index contributed by atoms with van der Waals surface area (Å²) in [5.41, 5.74) is 8.65. The highest BCUT2D eigenvalue weighted by atomic mass is 79.9. The number of ether oxygens (including phenoxy) is 1. The second kappa shape index (κ2) is 10.9. The summed E-state index contributed by atoms with van der Waals surface area (Å²) in [4.78, 5) is 29.3. The summed E-state index contributed by atoms with van der Waals surface area (Å²) in [6.07, 6.45) is 1.46. The van der Waals surface area contributed by atoms with Gasteiger partial charge in [0.1, 0.15) is 11.4 Å². The molecular weight excluding hydrogens is 542 g/mol. The molecule has 0 bridgehead atoms. The van der Waals surface area contributed by atoms with Crippen LogP contribution >= 0.6 is 15.9 Å². The first kappa shape index (κ1) is 25.2. The van der Waals surface area contributed by atoms with Crippen LogP contribution in [0.2, 0.25) is 0 Å². The standard InChI is InChI=1S/C31H24BrN3O3/c1-19-8-6-12-22(16-19)31(37)38-26-15-14-24(32)17-23(26)18-33-35-30(36)29-27(21-10-4-3-5-11-21)25-13-7-9-20(2)28(25)34-29/h3-18,34H,1-2H3,(H,35,36). The van der Waals surface area contributed by atoms with Crippen molar-refractivity contribution >= 4 is 44.9 Å². The number of esters is 1. The summed E-state index contributed by atoms with van der Waals surface area (Å²) in [5, 5.41) is 5.15. The molecule has 1 aromatic heterocycles. The van der Waals surface area contributed by atoms with Crippen LogP contribution in [0.5, 0.6) is 5.75 Å². The molecule has 0 atom stereocenters. The van der Waals surface area contributed by atoms with Gasteiger partial charge in [-0.2, -0.15) is 5.10 Å². The summed E-state index contributed by atoms with van der Waals surface area (Å²) >= 11 is 3.44. The molecule has 1 heterocycles. The van der Waals surface area contributed by atoms with E-state index in [-0.39, 0.29) is 5.91 Å². The van der Waals surface area contributed by atoms with Crippen LogP contribution in [0.3, 0.4) is 0 Å². The van der Waals surface area contributed by atoms with Crippen molar-refractivity contribution in [2.45, 2.75) is 13.8 Å². The van der Waals surface area contributed by atoms with Crippen molar-refractivity contribution in [3.8, 4) is 16.9 Å². The number of carbonyl (C=O) groups excluding carboxylic acids is 2. The molecule has 0 aliphatic carbocycles. The molecule has 2 N–H and O–H groups in total. The van der Waals surface area contributed by atoms with Crippen molar-refractivity contribution in [2.75, 3.05) is 0 Å².